The van der Waals surface area contributed by atoms with Gasteiger partial charge in [0.25, 0.3) is 0 Å². The third-order valence-electron chi connectivity index (χ3n) is 3.60. The summed E-state index contributed by atoms with van der Waals surface area (Å²) in [6.07, 6.45) is 20.6. The summed E-state index contributed by atoms with van der Waals surface area (Å²) in [7, 11) is 2.08. The third-order valence-corrected chi connectivity index (χ3v) is 5.84. The van der Waals surface area contributed by atoms with Gasteiger partial charge in [0.15, 0.2) is 0 Å². The molecule has 0 amide bonds. The molecule has 0 aromatic rings. The summed E-state index contributed by atoms with van der Waals surface area (Å²) < 4.78 is 0. The van der Waals surface area contributed by atoms with Crippen LogP contribution in [-0.4, -0.2) is 26.9 Å². The van der Waals surface area contributed by atoms with Gasteiger partial charge < -0.3 is 0 Å². The maximum absolute atomic E-state index is 2.29. The van der Waals surface area contributed by atoms with E-state index in [1.165, 1.54) is 95.6 Å². The van der Waals surface area contributed by atoms with E-state index < -0.39 is 0 Å². The second-order valence-electron chi connectivity index (χ2n) is 5.44. The van der Waals surface area contributed by atoms with E-state index >= 15 is 0 Å². The summed E-state index contributed by atoms with van der Waals surface area (Å²) in [6, 6.07) is 0. The third kappa shape index (κ3) is 17.1. The maximum atomic E-state index is 2.29. The van der Waals surface area contributed by atoms with Crippen molar-refractivity contribution in [3.63, 3.8) is 0 Å². The first-order valence-corrected chi connectivity index (χ1v) is 12.7. The Labute approximate surface area is 132 Å². The van der Waals surface area contributed by atoms with Gasteiger partial charge in [-0.2, -0.15) is 0 Å². The van der Waals surface area contributed by atoms with E-state index in [4.69, 9.17) is 0 Å². The molecule has 0 aromatic heterocycles. The molecule has 0 fully saturated rings. The molecule has 0 atom stereocenters. The van der Waals surface area contributed by atoms with E-state index in [0.29, 0.717) is 0 Å². The Morgan fingerprint density at radius 2 is 0.889 bits per heavy atom. The van der Waals surface area contributed by atoms with Crippen molar-refractivity contribution in [2.45, 2.75) is 96.8 Å². The SMILES string of the molecule is CCCCCCCCCCCCCCCC[S][Sn]. The Hall–Kier alpha value is 1.15. The van der Waals surface area contributed by atoms with Crippen LogP contribution in [0.25, 0.3) is 0 Å². The molecule has 0 saturated carbocycles. The van der Waals surface area contributed by atoms with E-state index in [2.05, 4.69) is 15.9 Å². The van der Waals surface area contributed by atoms with Crippen molar-refractivity contribution in [1.82, 2.24) is 0 Å². The average molecular weight is 376 g/mol. The molecular weight excluding hydrogens is 343 g/mol. The second kappa shape index (κ2) is 18.1. The molecule has 3 radical (unpaired) electrons. The van der Waals surface area contributed by atoms with Crippen LogP contribution in [0.15, 0.2) is 0 Å². The Balaban J connectivity index is 2.86. The summed E-state index contributed by atoms with van der Waals surface area (Å²) >= 11 is 1.64. The average Bonchev–Trinajstić information content (AvgIpc) is 2.39. The zero-order chi connectivity index (χ0) is 13.3. The van der Waals surface area contributed by atoms with E-state index in [-0.39, 0.29) is 0 Å². The van der Waals surface area contributed by atoms with Gasteiger partial charge in [-0.25, -0.2) is 0 Å². The summed E-state index contributed by atoms with van der Waals surface area (Å²) in [4.78, 5) is 0. The van der Waals surface area contributed by atoms with Crippen molar-refractivity contribution < 1.29 is 0 Å². The molecule has 0 aromatic carbocycles. The summed E-state index contributed by atoms with van der Waals surface area (Å²) in [5.74, 6) is 1.40. The Morgan fingerprint density at radius 1 is 0.556 bits per heavy atom. The minimum atomic E-state index is 1.37. The van der Waals surface area contributed by atoms with Crippen LogP contribution in [0.2, 0.25) is 0 Å². The van der Waals surface area contributed by atoms with E-state index in [1.54, 1.807) is 21.1 Å². The summed E-state index contributed by atoms with van der Waals surface area (Å²) in [5, 5.41) is 0. The number of hydrogen-bond acceptors (Lipinski definition) is 1. The van der Waals surface area contributed by atoms with Crippen LogP contribution < -0.4 is 0 Å². The van der Waals surface area contributed by atoms with E-state index in [0.717, 1.165) is 0 Å². The molecule has 0 aliphatic carbocycles. The van der Waals surface area contributed by atoms with Gasteiger partial charge in [0.05, 0.1) is 0 Å². The van der Waals surface area contributed by atoms with Crippen molar-refractivity contribution in [1.29, 1.82) is 0 Å². The van der Waals surface area contributed by atoms with Crippen LogP contribution in [0, 0.1) is 0 Å². The normalized spacial score (nSPS) is 11.0. The quantitative estimate of drug-likeness (QED) is 0.239. The predicted octanol–water partition coefficient (Wildman–Crippen LogP) is 6.28. The van der Waals surface area contributed by atoms with Gasteiger partial charge in [-0.15, -0.1) is 0 Å². The molecular formula is C16H33SSn. The fraction of sp³-hybridized carbons (Fsp3) is 1.00. The zero-order valence-corrected chi connectivity index (χ0v) is 16.2. The van der Waals surface area contributed by atoms with Crippen LogP contribution in [0.1, 0.15) is 96.8 Å². The van der Waals surface area contributed by atoms with Gasteiger partial charge in [0.1, 0.15) is 0 Å². The van der Waals surface area contributed by atoms with E-state index in [1.807, 2.05) is 0 Å². The number of rotatable bonds is 15. The summed E-state index contributed by atoms with van der Waals surface area (Å²) in [6.45, 7) is 2.29. The van der Waals surface area contributed by atoms with Crippen molar-refractivity contribution in [3.05, 3.63) is 0 Å². The van der Waals surface area contributed by atoms with Gasteiger partial charge in [0.2, 0.25) is 0 Å². The Kier molecular flexibility index (Phi) is 19.3. The monoisotopic (exact) mass is 377 g/mol. The molecule has 0 spiro atoms. The first-order valence-electron chi connectivity index (χ1n) is 8.20. The van der Waals surface area contributed by atoms with Crippen LogP contribution >= 0.6 is 8.95 Å². The van der Waals surface area contributed by atoms with Gasteiger partial charge in [-0.1, -0.05) is 32.6 Å². The van der Waals surface area contributed by atoms with Gasteiger partial charge in [-0.05, 0) is 0 Å². The first kappa shape index (κ1) is 19.1. The minimum absolute atomic E-state index is 1.37. The molecule has 0 rings (SSSR count). The molecule has 0 aliphatic heterocycles. The fourth-order valence-electron chi connectivity index (χ4n) is 2.37. The van der Waals surface area contributed by atoms with Crippen LogP contribution in [-0.2, 0) is 0 Å². The zero-order valence-electron chi connectivity index (χ0n) is 12.5. The van der Waals surface area contributed by atoms with Gasteiger partial charge in [0, 0.05) is 0 Å². The molecule has 2 heteroatoms. The topological polar surface area (TPSA) is 0 Å². The van der Waals surface area contributed by atoms with E-state index in [9.17, 15) is 0 Å². The molecule has 0 heterocycles. The van der Waals surface area contributed by atoms with Crippen LogP contribution in [0.5, 0.6) is 0 Å². The standard InChI is InChI=1S/C16H34S.Sn/c1-2-3-4-5-6-7-8-9-10-11-12-13-14-15-16-17;/h17H,2-16H2,1H3;/q;+1/p-1. The van der Waals surface area contributed by atoms with Gasteiger partial charge in [-0.3, -0.25) is 0 Å². The molecule has 18 heavy (non-hydrogen) atoms. The van der Waals surface area contributed by atoms with Crippen molar-refractivity contribution in [3.8, 4) is 0 Å². The van der Waals surface area contributed by atoms with Crippen molar-refractivity contribution >= 4 is 30.1 Å². The molecule has 0 N–H and O–H groups in total. The second-order valence-corrected chi connectivity index (χ2v) is 8.61. The molecule has 0 unspecified atom stereocenters. The first-order chi connectivity index (χ1) is 8.91. The molecule has 0 aliphatic rings. The summed E-state index contributed by atoms with van der Waals surface area (Å²) in [5.41, 5.74) is 0. The molecule has 107 valence electrons. The number of unbranched alkanes of at least 4 members (excludes halogenated alkanes) is 13. The van der Waals surface area contributed by atoms with Crippen LogP contribution in [0.3, 0.4) is 0 Å². The Morgan fingerprint density at radius 3 is 1.22 bits per heavy atom. The predicted molar refractivity (Wildman–Crippen MR) is 88.5 cm³/mol. The molecule has 0 saturated heterocycles. The molecule has 0 nitrogen and oxygen atoms in total. The fourth-order valence-corrected chi connectivity index (χ4v) is 3.95. The number of hydrogen-bond donors (Lipinski definition) is 0. The van der Waals surface area contributed by atoms with Crippen LogP contribution in [0.4, 0.5) is 0 Å². The van der Waals surface area contributed by atoms with Gasteiger partial charge >= 0.3 is 100 Å². The van der Waals surface area contributed by atoms with Crippen molar-refractivity contribution in [2.24, 2.45) is 0 Å². The Bertz CT molecular complexity index is 123. The van der Waals surface area contributed by atoms with Crippen molar-refractivity contribution in [2.75, 3.05) is 5.75 Å². The molecule has 0 bridgehead atoms.